The molecule has 0 aromatic carbocycles. The first-order chi connectivity index (χ1) is 13.7. The first kappa shape index (κ1) is 27.9. The highest BCUT2D eigenvalue weighted by Gasteiger charge is 2.35. The van der Waals surface area contributed by atoms with Crippen molar-refractivity contribution >= 4 is 40.0 Å². The minimum atomic E-state index is -3.34. The van der Waals surface area contributed by atoms with Crippen LogP contribution in [0.4, 0.5) is 0 Å². The second-order valence-corrected chi connectivity index (χ2v) is 11.0. The lowest BCUT2D eigenvalue weighted by atomic mass is 9.78. The van der Waals surface area contributed by atoms with E-state index in [0.29, 0.717) is 25.0 Å². The molecule has 10 heteroatoms. The maximum Gasteiger partial charge on any atom is 0.213 e. The predicted molar refractivity (Wildman–Crippen MR) is 132 cm³/mol. The average molecular weight is 561 g/mol. The van der Waals surface area contributed by atoms with E-state index >= 15 is 0 Å². The number of rotatable bonds is 8. The van der Waals surface area contributed by atoms with Gasteiger partial charge < -0.3 is 20.1 Å². The second-order valence-electron chi connectivity index (χ2n) is 9.10. The Morgan fingerprint density at radius 2 is 1.77 bits per heavy atom. The Hall–Kier alpha value is -0.170. The number of sulfonamides is 1. The minimum Gasteiger partial charge on any atom is -0.377 e. The fourth-order valence-electron chi connectivity index (χ4n) is 4.02. The maximum atomic E-state index is 12.2. The van der Waals surface area contributed by atoms with Crippen molar-refractivity contribution in [1.82, 2.24) is 15.4 Å². The summed E-state index contributed by atoms with van der Waals surface area (Å²) in [6, 6.07) is 0. The van der Waals surface area contributed by atoms with Gasteiger partial charge in [0.25, 0.3) is 0 Å². The molecule has 3 unspecified atom stereocenters. The van der Waals surface area contributed by atoms with Crippen LogP contribution in [0.15, 0.2) is 4.99 Å². The molecule has 0 radical (unpaired) electrons. The van der Waals surface area contributed by atoms with Crippen LogP contribution in [0.2, 0.25) is 0 Å². The molecule has 0 saturated carbocycles. The highest BCUT2D eigenvalue weighted by atomic mass is 127. The molecule has 2 rings (SSSR count). The van der Waals surface area contributed by atoms with E-state index < -0.39 is 10.0 Å². The molecule has 178 valence electrons. The van der Waals surface area contributed by atoms with Gasteiger partial charge in [0.1, 0.15) is 0 Å². The van der Waals surface area contributed by atoms with Gasteiger partial charge >= 0.3 is 0 Å². The summed E-state index contributed by atoms with van der Waals surface area (Å²) in [5.74, 6) is 1.02. The van der Waals surface area contributed by atoms with Crippen molar-refractivity contribution < 1.29 is 17.9 Å². The van der Waals surface area contributed by atoms with E-state index in [-0.39, 0.29) is 47.4 Å². The van der Waals surface area contributed by atoms with Crippen molar-refractivity contribution in [2.75, 3.05) is 45.6 Å². The Balaban J connectivity index is 0.00000450. The summed E-state index contributed by atoms with van der Waals surface area (Å²) in [6.07, 6.45) is 5.45. The second kappa shape index (κ2) is 13.4. The SMILES string of the molecule is CN=C(NCCS(=O)(=O)NCC1CCCCO1)NCC1CCCOC1C(C)(C)C.I. The average Bonchev–Trinajstić information content (AvgIpc) is 2.69. The summed E-state index contributed by atoms with van der Waals surface area (Å²) in [7, 11) is -1.65. The molecule has 3 atom stereocenters. The summed E-state index contributed by atoms with van der Waals surface area (Å²) >= 11 is 0. The summed E-state index contributed by atoms with van der Waals surface area (Å²) in [4.78, 5) is 4.22. The van der Waals surface area contributed by atoms with Gasteiger partial charge in [-0.3, -0.25) is 4.99 Å². The zero-order valence-electron chi connectivity index (χ0n) is 18.9. The van der Waals surface area contributed by atoms with Gasteiger partial charge in [-0.2, -0.15) is 0 Å². The molecule has 0 bridgehead atoms. The lowest BCUT2D eigenvalue weighted by Crippen LogP contribution is -2.48. The summed E-state index contributed by atoms with van der Waals surface area (Å²) in [5.41, 5.74) is 0.0888. The van der Waals surface area contributed by atoms with Gasteiger partial charge in [-0.1, -0.05) is 20.8 Å². The molecule has 0 amide bonds. The van der Waals surface area contributed by atoms with E-state index in [1.807, 2.05) is 0 Å². The van der Waals surface area contributed by atoms with Crippen LogP contribution < -0.4 is 15.4 Å². The van der Waals surface area contributed by atoms with E-state index in [0.717, 1.165) is 51.9 Å². The maximum absolute atomic E-state index is 12.2. The third kappa shape index (κ3) is 9.97. The lowest BCUT2D eigenvalue weighted by molar-refractivity contribution is -0.0835. The van der Waals surface area contributed by atoms with Crippen LogP contribution in [0.1, 0.15) is 52.9 Å². The van der Waals surface area contributed by atoms with Crippen molar-refractivity contribution in [2.45, 2.75) is 65.1 Å². The van der Waals surface area contributed by atoms with Crippen molar-refractivity contribution in [2.24, 2.45) is 16.3 Å². The zero-order chi connectivity index (χ0) is 21.3. The van der Waals surface area contributed by atoms with E-state index in [1.54, 1.807) is 7.05 Å². The van der Waals surface area contributed by atoms with Gasteiger partial charge in [0.2, 0.25) is 10.0 Å². The fourth-order valence-corrected chi connectivity index (χ4v) is 4.98. The van der Waals surface area contributed by atoms with Crippen LogP contribution in [0, 0.1) is 11.3 Å². The first-order valence-corrected chi connectivity index (χ1v) is 12.5. The quantitative estimate of drug-likeness (QED) is 0.239. The van der Waals surface area contributed by atoms with Crippen molar-refractivity contribution in [3.8, 4) is 0 Å². The number of nitrogens with one attached hydrogen (secondary N) is 3. The van der Waals surface area contributed by atoms with Crippen molar-refractivity contribution in [1.29, 1.82) is 0 Å². The molecule has 2 fully saturated rings. The van der Waals surface area contributed by atoms with Crippen LogP contribution in [0.3, 0.4) is 0 Å². The Bertz CT molecular complexity index is 619. The summed E-state index contributed by atoms with van der Waals surface area (Å²) in [5, 5.41) is 6.44. The number of aliphatic imine (C=N–C) groups is 1. The van der Waals surface area contributed by atoms with Crippen LogP contribution >= 0.6 is 24.0 Å². The molecule has 2 aliphatic rings. The molecular formula is C20H41IN4O4S. The standard InChI is InChI=1S/C20H40N4O4S.HI/c1-20(2,3)18-16(8-7-12-28-18)14-23-19(21-4)22-10-13-29(25,26)24-15-17-9-5-6-11-27-17;/h16-18,24H,5-15H2,1-4H3,(H2,21,22,23);1H. The third-order valence-electron chi connectivity index (χ3n) is 5.52. The molecule has 30 heavy (non-hydrogen) atoms. The van der Waals surface area contributed by atoms with E-state index in [1.165, 1.54) is 0 Å². The largest absolute Gasteiger partial charge is 0.377 e. The first-order valence-electron chi connectivity index (χ1n) is 10.9. The van der Waals surface area contributed by atoms with Crippen LogP contribution in [0.25, 0.3) is 0 Å². The molecule has 8 nitrogen and oxygen atoms in total. The predicted octanol–water partition coefficient (Wildman–Crippen LogP) is 2.10. The highest BCUT2D eigenvalue weighted by Crippen LogP contribution is 2.33. The number of hydrogen-bond acceptors (Lipinski definition) is 5. The van der Waals surface area contributed by atoms with Gasteiger partial charge in [0.15, 0.2) is 5.96 Å². The number of nitrogens with zero attached hydrogens (tertiary/aromatic N) is 1. The molecule has 0 aromatic heterocycles. The number of ether oxygens (including phenoxy) is 2. The Kier molecular flexibility index (Phi) is 12.4. The monoisotopic (exact) mass is 560 g/mol. The van der Waals surface area contributed by atoms with Gasteiger partial charge in [0.05, 0.1) is 18.0 Å². The smallest absolute Gasteiger partial charge is 0.213 e. The normalized spacial score (nSPS) is 26.0. The van der Waals surface area contributed by atoms with E-state index in [9.17, 15) is 8.42 Å². The van der Waals surface area contributed by atoms with Gasteiger partial charge in [0, 0.05) is 45.8 Å². The molecule has 2 saturated heterocycles. The molecule has 0 aliphatic carbocycles. The third-order valence-corrected chi connectivity index (χ3v) is 6.87. The summed E-state index contributed by atoms with van der Waals surface area (Å²) in [6.45, 7) is 9.57. The van der Waals surface area contributed by atoms with Gasteiger partial charge in [-0.15, -0.1) is 24.0 Å². The molecule has 2 heterocycles. The number of hydrogen-bond donors (Lipinski definition) is 3. The number of halogens is 1. The van der Waals surface area contributed by atoms with E-state index in [4.69, 9.17) is 9.47 Å². The fraction of sp³-hybridized carbons (Fsp3) is 0.950. The summed E-state index contributed by atoms with van der Waals surface area (Å²) < 4.78 is 38.7. The highest BCUT2D eigenvalue weighted by molar-refractivity contribution is 14.0. The topological polar surface area (TPSA) is 101 Å². The van der Waals surface area contributed by atoms with Crippen molar-refractivity contribution in [3.63, 3.8) is 0 Å². The molecule has 3 N–H and O–H groups in total. The molecule has 0 aromatic rings. The minimum absolute atomic E-state index is 0. The zero-order valence-corrected chi connectivity index (χ0v) is 22.1. The molecule has 2 aliphatic heterocycles. The van der Waals surface area contributed by atoms with Crippen LogP contribution in [-0.2, 0) is 19.5 Å². The van der Waals surface area contributed by atoms with E-state index in [2.05, 4.69) is 41.1 Å². The van der Waals surface area contributed by atoms with Crippen LogP contribution in [-0.4, -0.2) is 72.2 Å². The van der Waals surface area contributed by atoms with Crippen LogP contribution in [0.5, 0.6) is 0 Å². The van der Waals surface area contributed by atoms with Gasteiger partial charge in [-0.05, 0) is 37.5 Å². The Morgan fingerprint density at radius 1 is 1.03 bits per heavy atom. The number of guanidine groups is 1. The van der Waals surface area contributed by atoms with Gasteiger partial charge in [-0.25, -0.2) is 13.1 Å². The molecule has 0 spiro atoms. The Morgan fingerprint density at radius 3 is 2.40 bits per heavy atom. The molecular weight excluding hydrogens is 519 g/mol. The lowest BCUT2D eigenvalue weighted by Gasteiger charge is -2.40. The van der Waals surface area contributed by atoms with Crippen molar-refractivity contribution in [3.05, 3.63) is 0 Å². The Labute approximate surface area is 199 Å².